The SMILES string of the molecule is C=C/C(=C\C)C(C)C=Nc1ccc(C)cc1C. The second-order valence-corrected chi connectivity index (χ2v) is 4.35. The van der Waals surface area contributed by atoms with E-state index in [1.165, 1.54) is 16.7 Å². The maximum atomic E-state index is 4.55. The Labute approximate surface area is 105 Å². The lowest BCUT2D eigenvalue weighted by Crippen LogP contribution is -1.98. The van der Waals surface area contributed by atoms with Crippen LogP contribution in [0.15, 0.2) is 47.5 Å². The summed E-state index contributed by atoms with van der Waals surface area (Å²) >= 11 is 0. The molecule has 1 nitrogen and oxygen atoms in total. The number of rotatable bonds is 4. The van der Waals surface area contributed by atoms with Crippen LogP contribution in [-0.2, 0) is 0 Å². The molecule has 0 bridgehead atoms. The van der Waals surface area contributed by atoms with E-state index in [0.29, 0.717) is 5.92 Å². The minimum atomic E-state index is 0.304. The minimum absolute atomic E-state index is 0.304. The zero-order chi connectivity index (χ0) is 12.8. The van der Waals surface area contributed by atoms with Crippen molar-refractivity contribution in [1.29, 1.82) is 0 Å². The van der Waals surface area contributed by atoms with Crippen LogP contribution in [0.4, 0.5) is 5.69 Å². The van der Waals surface area contributed by atoms with E-state index in [9.17, 15) is 0 Å². The highest BCUT2D eigenvalue weighted by Crippen LogP contribution is 2.20. The largest absolute Gasteiger partial charge is 0.260 e. The second-order valence-electron chi connectivity index (χ2n) is 4.35. The average molecular weight is 227 g/mol. The Balaban J connectivity index is 2.87. The van der Waals surface area contributed by atoms with Gasteiger partial charge < -0.3 is 0 Å². The summed E-state index contributed by atoms with van der Waals surface area (Å²) < 4.78 is 0. The van der Waals surface area contributed by atoms with Gasteiger partial charge in [0.05, 0.1) is 5.69 Å². The number of hydrogen-bond acceptors (Lipinski definition) is 1. The normalized spacial score (nSPS) is 14.0. The molecule has 0 aliphatic rings. The molecule has 0 fully saturated rings. The molecule has 17 heavy (non-hydrogen) atoms. The summed E-state index contributed by atoms with van der Waals surface area (Å²) in [5.74, 6) is 0.304. The van der Waals surface area contributed by atoms with Crippen molar-refractivity contribution in [2.75, 3.05) is 0 Å². The van der Waals surface area contributed by atoms with Gasteiger partial charge >= 0.3 is 0 Å². The van der Waals surface area contributed by atoms with E-state index >= 15 is 0 Å². The fourth-order valence-electron chi connectivity index (χ4n) is 1.80. The molecule has 0 N–H and O–H groups in total. The van der Waals surface area contributed by atoms with Crippen molar-refractivity contribution in [3.8, 4) is 0 Å². The summed E-state index contributed by atoms with van der Waals surface area (Å²) in [5.41, 5.74) is 4.74. The lowest BCUT2D eigenvalue weighted by atomic mass is 10.0. The summed E-state index contributed by atoms with van der Waals surface area (Å²) in [5, 5.41) is 0. The highest BCUT2D eigenvalue weighted by atomic mass is 14.7. The lowest BCUT2D eigenvalue weighted by Gasteiger charge is -2.07. The molecule has 0 heterocycles. The molecule has 1 unspecified atom stereocenters. The van der Waals surface area contributed by atoms with Gasteiger partial charge in [0.15, 0.2) is 0 Å². The molecular formula is C16H21N. The van der Waals surface area contributed by atoms with Gasteiger partial charge in [0.25, 0.3) is 0 Å². The van der Waals surface area contributed by atoms with Crippen LogP contribution in [0.25, 0.3) is 0 Å². The number of hydrogen-bond donors (Lipinski definition) is 0. The number of allylic oxidation sites excluding steroid dienone is 3. The van der Waals surface area contributed by atoms with E-state index in [2.05, 4.69) is 56.6 Å². The van der Waals surface area contributed by atoms with Crippen LogP contribution >= 0.6 is 0 Å². The minimum Gasteiger partial charge on any atom is -0.260 e. The molecule has 1 atom stereocenters. The van der Waals surface area contributed by atoms with Gasteiger partial charge in [-0.05, 0) is 38.0 Å². The van der Waals surface area contributed by atoms with Crippen LogP contribution in [0.1, 0.15) is 25.0 Å². The van der Waals surface area contributed by atoms with Crippen molar-refractivity contribution in [3.63, 3.8) is 0 Å². The molecule has 0 saturated carbocycles. The Morgan fingerprint density at radius 3 is 2.59 bits per heavy atom. The van der Waals surface area contributed by atoms with Crippen molar-refractivity contribution in [2.45, 2.75) is 27.7 Å². The predicted molar refractivity (Wildman–Crippen MR) is 77.2 cm³/mol. The van der Waals surface area contributed by atoms with Crippen molar-refractivity contribution >= 4 is 11.9 Å². The molecule has 0 aliphatic carbocycles. The molecule has 90 valence electrons. The Morgan fingerprint density at radius 2 is 2.06 bits per heavy atom. The molecule has 0 aromatic heterocycles. The zero-order valence-electron chi connectivity index (χ0n) is 11.2. The van der Waals surface area contributed by atoms with Crippen LogP contribution in [0, 0.1) is 19.8 Å². The van der Waals surface area contributed by atoms with Gasteiger partial charge in [-0.25, -0.2) is 0 Å². The summed E-state index contributed by atoms with van der Waals surface area (Å²) in [6, 6.07) is 6.31. The first-order valence-electron chi connectivity index (χ1n) is 5.98. The van der Waals surface area contributed by atoms with Crippen LogP contribution in [0.2, 0.25) is 0 Å². The van der Waals surface area contributed by atoms with Gasteiger partial charge in [-0.2, -0.15) is 0 Å². The average Bonchev–Trinajstić information content (AvgIpc) is 2.29. The third-order valence-electron chi connectivity index (χ3n) is 2.88. The van der Waals surface area contributed by atoms with Crippen molar-refractivity contribution < 1.29 is 0 Å². The first-order chi connectivity index (χ1) is 8.08. The van der Waals surface area contributed by atoms with Crippen LogP contribution in [0.5, 0.6) is 0 Å². The van der Waals surface area contributed by atoms with E-state index in [1.807, 2.05) is 19.2 Å². The van der Waals surface area contributed by atoms with E-state index in [0.717, 1.165) is 5.69 Å². The Hall–Kier alpha value is -1.63. The van der Waals surface area contributed by atoms with E-state index in [-0.39, 0.29) is 0 Å². The van der Waals surface area contributed by atoms with Gasteiger partial charge in [-0.15, -0.1) is 0 Å². The van der Waals surface area contributed by atoms with Gasteiger partial charge in [-0.3, -0.25) is 4.99 Å². The number of benzene rings is 1. The van der Waals surface area contributed by atoms with Crippen LogP contribution in [0.3, 0.4) is 0 Å². The molecule has 0 aliphatic heterocycles. The molecule has 0 radical (unpaired) electrons. The highest BCUT2D eigenvalue weighted by Gasteiger charge is 2.01. The Morgan fingerprint density at radius 1 is 1.35 bits per heavy atom. The first-order valence-corrected chi connectivity index (χ1v) is 5.98. The molecule has 1 rings (SSSR count). The summed E-state index contributed by atoms with van der Waals surface area (Å²) in [6.45, 7) is 12.2. The van der Waals surface area contributed by atoms with Crippen LogP contribution < -0.4 is 0 Å². The summed E-state index contributed by atoms with van der Waals surface area (Å²) in [4.78, 5) is 4.55. The van der Waals surface area contributed by atoms with Crippen LogP contribution in [-0.4, -0.2) is 6.21 Å². The zero-order valence-corrected chi connectivity index (χ0v) is 11.2. The number of nitrogens with zero attached hydrogens (tertiary/aromatic N) is 1. The lowest BCUT2D eigenvalue weighted by molar-refractivity contribution is 0.965. The number of aryl methyl sites for hydroxylation is 2. The molecule has 1 aromatic carbocycles. The van der Waals surface area contributed by atoms with Gasteiger partial charge in [0.2, 0.25) is 0 Å². The van der Waals surface area contributed by atoms with E-state index in [1.54, 1.807) is 0 Å². The monoisotopic (exact) mass is 227 g/mol. The summed E-state index contributed by atoms with van der Waals surface area (Å²) in [6.07, 6.45) is 5.94. The maximum Gasteiger partial charge on any atom is 0.0655 e. The standard InChI is InChI=1S/C16H21N/c1-6-15(7-2)14(5)11-17-16-9-8-12(3)10-13(16)4/h6-11,14H,1H2,2-5H3/b15-7+,17-11?. The van der Waals surface area contributed by atoms with Gasteiger partial charge in [0, 0.05) is 12.1 Å². The number of aliphatic imine (C=N–C) groups is 1. The smallest absolute Gasteiger partial charge is 0.0655 e. The van der Waals surface area contributed by atoms with Crippen molar-refractivity contribution in [2.24, 2.45) is 10.9 Å². The van der Waals surface area contributed by atoms with Gasteiger partial charge in [0.1, 0.15) is 0 Å². The molecule has 0 spiro atoms. The fourth-order valence-corrected chi connectivity index (χ4v) is 1.80. The quantitative estimate of drug-likeness (QED) is 0.519. The highest BCUT2D eigenvalue weighted by molar-refractivity contribution is 5.70. The molecule has 0 amide bonds. The van der Waals surface area contributed by atoms with Crippen molar-refractivity contribution in [3.05, 3.63) is 53.6 Å². The second kappa shape index (κ2) is 6.19. The Bertz CT molecular complexity index is 453. The predicted octanol–water partition coefficient (Wildman–Crippen LogP) is 4.77. The maximum absolute atomic E-state index is 4.55. The third kappa shape index (κ3) is 3.70. The molecule has 0 saturated heterocycles. The third-order valence-corrected chi connectivity index (χ3v) is 2.88. The fraction of sp³-hybridized carbons (Fsp3) is 0.312. The van der Waals surface area contributed by atoms with Crippen molar-refractivity contribution in [1.82, 2.24) is 0 Å². The topological polar surface area (TPSA) is 12.4 Å². The first kappa shape index (κ1) is 13.4. The van der Waals surface area contributed by atoms with E-state index < -0.39 is 0 Å². The van der Waals surface area contributed by atoms with E-state index in [4.69, 9.17) is 0 Å². The molecular weight excluding hydrogens is 206 g/mol. The Kier molecular flexibility index (Phi) is 4.89. The van der Waals surface area contributed by atoms with Gasteiger partial charge in [-0.1, -0.05) is 43.4 Å². The molecule has 1 aromatic rings. The summed E-state index contributed by atoms with van der Waals surface area (Å²) in [7, 11) is 0. The molecule has 1 heteroatoms.